The van der Waals surface area contributed by atoms with Crippen molar-refractivity contribution in [3.63, 3.8) is 0 Å². The van der Waals surface area contributed by atoms with Gasteiger partial charge in [-0.3, -0.25) is 9.78 Å². The second kappa shape index (κ2) is 8.82. The smallest absolute Gasteiger partial charge is 0.227 e. The molecule has 1 unspecified atom stereocenters. The normalized spacial score (nSPS) is 17.8. The zero-order valence-corrected chi connectivity index (χ0v) is 17.7. The third-order valence-corrected chi connectivity index (χ3v) is 5.87. The van der Waals surface area contributed by atoms with Crippen LogP contribution in [0.3, 0.4) is 0 Å². The van der Waals surface area contributed by atoms with Crippen LogP contribution in [0.15, 0.2) is 48.9 Å². The van der Waals surface area contributed by atoms with Crippen LogP contribution in [0.25, 0.3) is 11.1 Å². The van der Waals surface area contributed by atoms with Crippen LogP contribution >= 0.6 is 0 Å². The second-order valence-electron chi connectivity index (χ2n) is 8.06. The summed E-state index contributed by atoms with van der Waals surface area (Å²) in [5, 5.41) is 0. The number of amides is 1. The van der Waals surface area contributed by atoms with Gasteiger partial charge in [0, 0.05) is 42.7 Å². The van der Waals surface area contributed by atoms with Gasteiger partial charge in [0.25, 0.3) is 0 Å². The molecule has 4 heterocycles. The highest BCUT2D eigenvalue weighted by Gasteiger charge is 2.31. The van der Waals surface area contributed by atoms with Crippen LogP contribution in [0, 0.1) is 0 Å². The molecule has 3 aromatic rings. The molecule has 1 amide bonds. The average molecular weight is 431 g/mol. The summed E-state index contributed by atoms with van der Waals surface area (Å²) < 4.78 is 11.5. The molecule has 2 aliphatic heterocycles. The van der Waals surface area contributed by atoms with E-state index in [1.54, 1.807) is 18.6 Å². The summed E-state index contributed by atoms with van der Waals surface area (Å²) in [5.74, 6) is 1.80. The van der Waals surface area contributed by atoms with E-state index in [0.717, 1.165) is 59.7 Å². The Bertz CT molecular complexity index is 1100. The molecule has 32 heavy (non-hydrogen) atoms. The lowest BCUT2D eigenvalue weighted by molar-refractivity contribution is -0.131. The van der Waals surface area contributed by atoms with Crippen LogP contribution in [-0.2, 0) is 11.2 Å². The standard InChI is InChI=1S/C24H25N5O3/c25-24-27-14-18(15-28-24)17-5-6-19(26-13-17)20-3-1-8-29(20)23(30)12-16-4-7-21-22(11-16)32-10-2-9-31-21/h4-7,11,13-15,20H,1-3,8-10,12H2,(H2,25,27,28). The van der Waals surface area contributed by atoms with Crippen molar-refractivity contribution < 1.29 is 14.3 Å². The molecule has 1 aromatic carbocycles. The van der Waals surface area contributed by atoms with Crippen LogP contribution < -0.4 is 15.2 Å². The Labute approximate surface area is 186 Å². The van der Waals surface area contributed by atoms with Gasteiger partial charge in [0.2, 0.25) is 11.9 Å². The maximum Gasteiger partial charge on any atom is 0.227 e. The third-order valence-electron chi connectivity index (χ3n) is 5.87. The van der Waals surface area contributed by atoms with Crippen molar-refractivity contribution in [3.8, 4) is 22.6 Å². The summed E-state index contributed by atoms with van der Waals surface area (Å²) in [6, 6.07) is 9.71. The summed E-state index contributed by atoms with van der Waals surface area (Å²) >= 11 is 0. The van der Waals surface area contributed by atoms with Gasteiger partial charge in [-0.05, 0) is 36.6 Å². The molecule has 8 heteroatoms. The number of nitrogens with two attached hydrogens (primary N) is 1. The van der Waals surface area contributed by atoms with Gasteiger partial charge in [-0.15, -0.1) is 0 Å². The Morgan fingerprint density at radius 1 is 0.969 bits per heavy atom. The Morgan fingerprint density at radius 3 is 2.53 bits per heavy atom. The summed E-state index contributed by atoms with van der Waals surface area (Å²) in [6.07, 6.45) is 8.22. The Balaban J connectivity index is 1.29. The molecule has 2 aliphatic rings. The number of pyridine rings is 1. The molecule has 0 saturated carbocycles. The van der Waals surface area contributed by atoms with Gasteiger partial charge in [0.05, 0.1) is 31.4 Å². The van der Waals surface area contributed by atoms with Crippen LogP contribution in [0.4, 0.5) is 5.95 Å². The lowest BCUT2D eigenvalue weighted by Crippen LogP contribution is -2.32. The number of ether oxygens (including phenoxy) is 2. The van der Waals surface area contributed by atoms with Gasteiger partial charge in [-0.2, -0.15) is 0 Å². The molecule has 1 saturated heterocycles. The number of fused-ring (bicyclic) bond motifs is 1. The van der Waals surface area contributed by atoms with Gasteiger partial charge < -0.3 is 20.1 Å². The first-order valence-corrected chi connectivity index (χ1v) is 10.9. The second-order valence-corrected chi connectivity index (χ2v) is 8.06. The summed E-state index contributed by atoms with van der Waals surface area (Å²) in [5.41, 5.74) is 9.15. The van der Waals surface area contributed by atoms with Crippen molar-refractivity contribution in [2.75, 3.05) is 25.5 Å². The molecule has 1 fully saturated rings. The molecule has 164 valence electrons. The zero-order valence-electron chi connectivity index (χ0n) is 17.7. The molecular formula is C24H25N5O3. The van der Waals surface area contributed by atoms with Crippen LogP contribution in [0.2, 0.25) is 0 Å². The number of hydrogen-bond donors (Lipinski definition) is 1. The van der Waals surface area contributed by atoms with Crippen molar-refractivity contribution in [1.29, 1.82) is 0 Å². The number of anilines is 1. The summed E-state index contributed by atoms with van der Waals surface area (Å²) in [6.45, 7) is 2.02. The number of carbonyl (C=O) groups excluding carboxylic acids is 1. The minimum Gasteiger partial charge on any atom is -0.490 e. The fraction of sp³-hybridized carbons (Fsp3) is 0.333. The predicted octanol–water partition coefficient (Wildman–Crippen LogP) is 3.19. The van der Waals surface area contributed by atoms with Gasteiger partial charge >= 0.3 is 0 Å². The molecule has 0 radical (unpaired) electrons. The van der Waals surface area contributed by atoms with E-state index in [0.29, 0.717) is 19.6 Å². The summed E-state index contributed by atoms with van der Waals surface area (Å²) in [4.78, 5) is 27.8. The van der Waals surface area contributed by atoms with E-state index in [4.69, 9.17) is 15.2 Å². The van der Waals surface area contributed by atoms with Gasteiger partial charge in [-0.25, -0.2) is 9.97 Å². The first-order valence-electron chi connectivity index (χ1n) is 10.9. The van der Waals surface area contributed by atoms with Crippen molar-refractivity contribution >= 4 is 11.9 Å². The highest BCUT2D eigenvalue weighted by atomic mass is 16.5. The molecule has 0 aliphatic carbocycles. The number of aromatic nitrogens is 3. The van der Waals surface area contributed by atoms with E-state index in [1.807, 2.05) is 35.2 Å². The van der Waals surface area contributed by atoms with Crippen molar-refractivity contribution in [2.45, 2.75) is 31.7 Å². The van der Waals surface area contributed by atoms with Crippen molar-refractivity contribution in [2.24, 2.45) is 0 Å². The molecule has 0 spiro atoms. The number of hydrogen-bond acceptors (Lipinski definition) is 7. The van der Waals surface area contributed by atoms with E-state index < -0.39 is 0 Å². The van der Waals surface area contributed by atoms with Crippen LogP contribution in [0.1, 0.15) is 36.6 Å². The van der Waals surface area contributed by atoms with Crippen molar-refractivity contribution in [1.82, 2.24) is 19.9 Å². The topological polar surface area (TPSA) is 103 Å². The van der Waals surface area contributed by atoms with E-state index in [-0.39, 0.29) is 17.9 Å². The number of nitrogens with zero attached hydrogens (tertiary/aromatic N) is 4. The average Bonchev–Trinajstić information content (AvgIpc) is 3.19. The molecule has 2 N–H and O–H groups in total. The minimum atomic E-state index is -0.0142. The number of rotatable bonds is 4. The molecule has 8 nitrogen and oxygen atoms in total. The predicted molar refractivity (Wildman–Crippen MR) is 119 cm³/mol. The van der Waals surface area contributed by atoms with Crippen LogP contribution in [0.5, 0.6) is 11.5 Å². The first-order chi connectivity index (χ1) is 15.7. The monoisotopic (exact) mass is 431 g/mol. The maximum atomic E-state index is 13.2. The lowest BCUT2D eigenvalue weighted by atomic mass is 10.1. The van der Waals surface area contributed by atoms with E-state index in [1.165, 1.54) is 0 Å². The molecular weight excluding hydrogens is 406 g/mol. The largest absolute Gasteiger partial charge is 0.490 e. The Kier molecular flexibility index (Phi) is 5.58. The highest BCUT2D eigenvalue weighted by molar-refractivity contribution is 5.79. The molecule has 2 aromatic heterocycles. The number of nitrogen functional groups attached to an aromatic ring is 1. The number of carbonyl (C=O) groups is 1. The Hall–Kier alpha value is -3.68. The lowest BCUT2D eigenvalue weighted by Gasteiger charge is -2.24. The first kappa shape index (κ1) is 20.2. The fourth-order valence-electron chi connectivity index (χ4n) is 4.23. The van der Waals surface area contributed by atoms with E-state index >= 15 is 0 Å². The number of benzene rings is 1. The van der Waals surface area contributed by atoms with Crippen LogP contribution in [-0.4, -0.2) is 45.5 Å². The minimum absolute atomic E-state index is 0.0142. The quantitative estimate of drug-likeness (QED) is 0.677. The Morgan fingerprint density at radius 2 is 1.75 bits per heavy atom. The van der Waals surface area contributed by atoms with Gasteiger partial charge in [0.1, 0.15) is 0 Å². The zero-order chi connectivity index (χ0) is 21.9. The summed E-state index contributed by atoms with van der Waals surface area (Å²) in [7, 11) is 0. The molecule has 0 bridgehead atoms. The highest BCUT2D eigenvalue weighted by Crippen LogP contribution is 2.34. The fourth-order valence-corrected chi connectivity index (χ4v) is 4.23. The van der Waals surface area contributed by atoms with Gasteiger partial charge in [-0.1, -0.05) is 12.1 Å². The molecule has 1 atom stereocenters. The SMILES string of the molecule is Nc1ncc(-c2ccc(C3CCCN3C(=O)Cc3ccc4c(c3)OCCCO4)nc2)cn1. The van der Waals surface area contributed by atoms with E-state index in [2.05, 4.69) is 15.0 Å². The number of likely N-dealkylation sites (tertiary alicyclic amines) is 1. The van der Waals surface area contributed by atoms with Crippen molar-refractivity contribution in [3.05, 3.63) is 60.2 Å². The maximum absolute atomic E-state index is 13.2. The molecule has 5 rings (SSSR count). The van der Waals surface area contributed by atoms with E-state index in [9.17, 15) is 4.79 Å². The van der Waals surface area contributed by atoms with Gasteiger partial charge in [0.15, 0.2) is 11.5 Å². The third kappa shape index (κ3) is 4.21.